The number of fused-ring (bicyclic) bond motifs is 2. The van der Waals surface area contributed by atoms with Crippen LogP contribution in [-0.4, -0.2) is 54.3 Å². The van der Waals surface area contributed by atoms with Crippen molar-refractivity contribution < 1.29 is 23.9 Å². The van der Waals surface area contributed by atoms with Crippen LogP contribution in [0, 0.1) is 6.92 Å². The highest BCUT2D eigenvalue weighted by molar-refractivity contribution is 7.99. The number of benzene rings is 4. The summed E-state index contributed by atoms with van der Waals surface area (Å²) in [4.78, 5) is 45.2. The number of carbonyl (C=O) groups is 3. The molecule has 0 spiro atoms. The van der Waals surface area contributed by atoms with Crippen LogP contribution in [0.5, 0.6) is 11.5 Å². The third kappa shape index (κ3) is 7.21. The minimum Gasteiger partial charge on any atom is -0.497 e. The normalized spacial score (nSPS) is 11.8. The van der Waals surface area contributed by atoms with Crippen LogP contribution >= 0.6 is 11.8 Å². The average Bonchev–Trinajstić information content (AvgIpc) is 3.37. The first-order valence-corrected chi connectivity index (χ1v) is 16.0. The van der Waals surface area contributed by atoms with E-state index in [9.17, 15) is 14.4 Å². The Hall–Kier alpha value is -4.60. The molecule has 0 aliphatic rings. The average molecular weight is 624 g/mol. The van der Waals surface area contributed by atoms with Crippen molar-refractivity contribution in [3.63, 3.8) is 0 Å². The second-order valence-corrected chi connectivity index (χ2v) is 11.9. The number of aromatic nitrogens is 1. The fourth-order valence-corrected chi connectivity index (χ4v) is 6.32. The van der Waals surface area contributed by atoms with E-state index >= 15 is 0 Å². The zero-order chi connectivity index (χ0) is 31.9. The number of nitrogens with two attached hydrogens (primary N) is 1. The largest absolute Gasteiger partial charge is 0.497 e. The molecule has 0 unspecified atom stereocenters. The van der Waals surface area contributed by atoms with Gasteiger partial charge in [-0.2, -0.15) is 11.8 Å². The molecule has 3 N–H and O–H groups in total. The number of amides is 2. The first-order valence-electron chi connectivity index (χ1n) is 14.8. The predicted molar refractivity (Wildman–Crippen MR) is 182 cm³/mol. The number of nitrogens with zero attached hydrogens (tertiary/aromatic N) is 1. The van der Waals surface area contributed by atoms with Crippen LogP contribution in [0.1, 0.15) is 34.5 Å². The first-order chi connectivity index (χ1) is 21.8. The molecule has 5 rings (SSSR count). The van der Waals surface area contributed by atoms with Crippen molar-refractivity contribution in [3.8, 4) is 11.5 Å². The number of rotatable bonds is 13. The molecule has 45 heavy (non-hydrogen) atoms. The summed E-state index contributed by atoms with van der Waals surface area (Å²) in [5.41, 5.74) is 10.0. The summed E-state index contributed by atoms with van der Waals surface area (Å²) in [6.45, 7) is 1.92. The summed E-state index contributed by atoms with van der Waals surface area (Å²) >= 11 is 1.48. The lowest BCUT2D eigenvalue weighted by atomic mass is 10.0. The van der Waals surface area contributed by atoms with Gasteiger partial charge in [0.1, 0.15) is 11.5 Å². The van der Waals surface area contributed by atoms with Crippen molar-refractivity contribution in [1.29, 1.82) is 0 Å². The van der Waals surface area contributed by atoms with Crippen molar-refractivity contribution in [2.45, 2.75) is 32.2 Å². The minimum absolute atomic E-state index is 0.00516. The van der Waals surface area contributed by atoms with Crippen LogP contribution in [0.4, 0.5) is 5.69 Å². The maximum absolute atomic E-state index is 14.0. The molecule has 0 fully saturated rings. The molecule has 232 valence electrons. The summed E-state index contributed by atoms with van der Waals surface area (Å²) in [6, 6.07) is 25.3. The molecule has 0 radical (unpaired) electrons. The SMILES string of the molecule is COc1ccc2[nH]c(C)c(CC(=O)N(C(=O)[C@@H](N)CCCSCC(=O)c3ccccc3OC)c3ccc4ccccc4c3)c2c1. The molecule has 8 nitrogen and oxygen atoms in total. The van der Waals surface area contributed by atoms with Crippen molar-refractivity contribution in [1.82, 2.24) is 4.98 Å². The van der Waals surface area contributed by atoms with Gasteiger partial charge in [-0.1, -0.05) is 42.5 Å². The van der Waals surface area contributed by atoms with Gasteiger partial charge in [0.05, 0.1) is 43.7 Å². The number of para-hydroxylation sites is 1. The van der Waals surface area contributed by atoms with Crippen LogP contribution in [0.25, 0.3) is 21.7 Å². The Balaban J connectivity index is 1.31. The molecule has 2 amide bonds. The van der Waals surface area contributed by atoms with Gasteiger partial charge in [-0.25, -0.2) is 4.90 Å². The molecular formula is C36H37N3O5S. The standard InChI is InChI=1S/C36H37N3O5S/c1-23-29(30-20-27(43-2)16-17-32(30)38-23)21-35(41)39(26-15-14-24-9-4-5-10-25(24)19-26)36(42)31(37)12-8-18-45-22-33(40)28-11-6-7-13-34(28)44-3/h4-7,9-11,13-17,19-20,31,38H,8,12,18,21-22,37H2,1-3H3/t31-/m0/s1. The van der Waals surface area contributed by atoms with Gasteiger partial charge in [-0.05, 0) is 84.3 Å². The quantitative estimate of drug-likeness (QED) is 0.114. The maximum atomic E-state index is 14.0. The Kier molecular flexibility index (Phi) is 10.2. The maximum Gasteiger partial charge on any atom is 0.250 e. The third-order valence-electron chi connectivity index (χ3n) is 7.88. The third-order valence-corrected chi connectivity index (χ3v) is 8.92. The molecule has 1 heterocycles. The van der Waals surface area contributed by atoms with Crippen molar-refractivity contribution in [2.24, 2.45) is 5.73 Å². The monoisotopic (exact) mass is 623 g/mol. The van der Waals surface area contributed by atoms with Crippen LogP contribution in [0.3, 0.4) is 0 Å². The number of hydrogen-bond donors (Lipinski definition) is 2. The lowest BCUT2D eigenvalue weighted by Crippen LogP contribution is -2.47. The number of carbonyl (C=O) groups excluding carboxylic acids is 3. The van der Waals surface area contributed by atoms with E-state index in [0.29, 0.717) is 47.1 Å². The number of aryl methyl sites for hydroxylation is 1. The summed E-state index contributed by atoms with van der Waals surface area (Å²) in [6.07, 6.45) is 0.985. The van der Waals surface area contributed by atoms with Gasteiger partial charge in [-0.15, -0.1) is 0 Å². The summed E-state index contributed by atoms with van der Waals surface area (Å²) in [5.74, 6) is 1.33. The molecule has 9 heteroatoms. The molecule has 1 atom stereocenters. The van der Waals surface area contributed by atoms with E-state index in [1.165, 1.54) is 16.7 Å². The molecule has 0 bridgehead atoms. The number of imide groups is 1. The van der Waals surface area contributed by atoms with Gasteiger partial charge in [0, 0.05) is 16.6 Å². The number of nitrogens with one attached hydrogen (secondary N) is 1. The van der Waals surface area contributed by atoms with Crippen molar-refractivity contribution in [2.75, 3.05) is 30.6 Å². The van der Waals surface area contributed by atoms with E-state index < -0.39 is 11.9 Å². The molecule has 0 aliphatic heterocycles. The van der Waals surface area contributed by atoms with E-state index in [4.69, 9.17) is 15.2 Å². The van der Waals surface area contributed by atoms with Crippen LogP contribution in [-0.2, 0) is 16.0 Å². The zero-order valence-electron chi connectivity index (χ0n) is 25.7. The van der Waals surface area contributed by atoms with E-state index in [0.717, 1.165) is 32.9 Å². The van der Waals surface area contributed by atoms with Crippen LogP contribution in [0.15, 0.2) is 84.9 Å². The van der Waals surface area contributed by atoms with E-state index in [1.807, 2.05) is 73.7 Å². The number of methoxy groups -OCH3 is 2. The molecular weight excluding hydrogens is 586 g/mol. The van der Waals surface area contributed by atoms with Gasteiger partial charge in [0.25, 0.3) is 5.91 Å². The van der Waals surface area contributed by atoms with Gasteiger partial charge >= 0.3 is 0 Å². The number of hydrogen-bond acceptors (Lipinski definition) is 7. The summed E-state index contributed by atoms with van der Waals surface area (Å²) in [7, 11) is 3.15. The van der Waals surface area contributed by atoms with E-state index in [-0.39, 0.29) is 18.1 Å². The Morgan fingerprint density at radius 1 is 0.911 bits per heavy atom. The highest BCUT2D eigenvalue weighted by Gasteiger charge is 2.29. The molecule has 0 aliphatic carbocycles. The van der Waals surface area contributed by atoms with Crippen LogP contribution < -0.4 is 20.1 Å². The number of aromatic amines is 1. The smallest absolute Gasteiger partial charge is 0.250 e. The molecule has 0 saturated carbocycles. The highest BCUT2D eigenvalue weighted by Crippen LogP contribution is 2.29. The Bertz CT molecular complexity index is 1850. The Morgan fingerprint density at radius 3 is 2.44 bits per heavy atom. The second kappa shape index (κ2) is 14.5. The van der Waals surface area contributed by atoms with Gasteiger partial charge < -0.3 is 20.2 Å². The topological polar surface area (TPSA) is 115 Å². The number of thioether (sulfide) groups is 1. The number of ether oxygens (including phenoxy) is 2. The molecule has 4 aromatic carbocycles. The van der Waals surface area contributed by atoms with E-state index in [2.05, 4.69) is 4.98 Å². The van der Waals surface area contributed by atoms with Gasteiger partial charge in [0.15, 0.2) is 5.78 Å². The second-order valence-electron chi connectivity index (χ2n) is 10.8. The highest BCUT2D eigenvalue weighted by atomic mass is 32.2. The fourth-order valence-electron chi connectivity index (χ4n) is 5.47. The lowest BCUT2D eigenvalue weighted by molar-refractivity contribution is -0.127. The molecule has 5 aromatic rings. The van der Waals surface area contributed by atoms with Gasteiger partial charge in [0.2, 0.25) is 5.91 Å². The van der Waals surface area contributed by atoms with Crippen molar-refractivity contribution in [3.05, 3.63) is 102 Å². The Labute approximate surface area is 266 Å². The lowest BCUT2D eigenvalue weighted by Gasteiger charge is -2.25. The van der Waals surface area contributed by atoms with Gasteiger partial charge in [-0.3, -0.25) is 14.4 Å². The number of H-pyrrole nitrogens is 1. The summed E-state index contributed by atoms with van der Waals surface area (Å²) < 4.78 is 10.7. The van der Waals surface area contributed by atoms with Crippen molar-refractivity contribution >= 4 is 56.7 Å². The van der Waals surface area contributed by atoms with E-state index in [1.54, 1.807) is 32.4 Å². The number of anilines is 1. The molecule has 0 saturated heterocycles. The first kappa shape index (κ1) is 31.8. The Morgan fingerprint density at radius 2 is 1.67 bits per heavy atom. The van der Waals surface area contributed by atoms with Crippen LogP contribution in [0.2, 0.25) is 0 Å². The summed E-state index contributed by atoms with van der Waals surface area (Å²) in [5, 5.41) is 2.79. The molecule has 1 aromatic heterocycles. The number of ketones is 1. The number of Topliss-reactive ketones (excluding diaryl/α,β-unsaturated/α-hetero) is 1. The minimum atomic E-state index is -0.893. The zero-order valence-corrected chi connectivity index (χ0v) is 26.5. The fraction of sp³-hybridized carbons (Fsp3) is 0.250. The predicted octanol–water partition coefficient (Wildman–Crippen LogP) is 6.47.